The first-order valence-corrected chi connectivity index (χ1v) is 10.7. The Hall–Kier alpha value is -3.71. The van der Waals surface area contributed by atoms with Crippen LogP contribution in [-0.4, -0.2) is 23.6 Å². The zero-order valence-corrected chi connectivity index (χ0v) is 18.4. The van der Waals surface area contributed by atoms with Crippen molar-refractivity contribution in [2.75, 3.05) is 6.79 Å². The monoisotopic (exact) mass is 446 g/mol. The van der Waals surface area contributed by atoms with Crippen molar-refractivity contribution < 1.29 is 23.5 Å². The highest BCUT2D eigenvalue weighted by Crippen LogP contribution is 2.39. The summed E-state index contributed by atoms with van der Waals surface area (Å²) in [6.07, 6.45) is 0. The predicted octanol–water partition coefficient (Wildman–Crippen LogP) is 4.30. The molecular weight excluding hydrogens is 423 g/mol. The van der Waals surface area contributed by atoms with Gasteiger partial charge in [0.2, 0.25) is 0 Å². The van der Waals surface area contributed by atoms with E-state index in [4.69, 9.17) is 9.47 Å². The first-order valence-electron chi connectivity index (χ1n) is 10.7. The van der Waals surface area contributed by atoms with Crippen LogP contribution in [0.2, 0.25) is 0 Å². The van der Waals surface area contributed by atoms with Gasteiger partial charge in [0, 0.05) is 11.1 Å². The standard InChI is InChI=1S/C26H23FN2O4/c1-16-8-9-21(10-17(16)2)26(20-6-4-3-5-7-20)24(30)29(25(31)28-26)13-18-11-22(27)12-19-14-32-15-33-23(18)19/h3-12H,13-15H2,1-2H3,(H,28,31). The summed E-state index contributed by atoms with van der Waals surface area (Å²) in [6.45, 7) is 4.07. The van der Waals surface area contributed by atoms with E-state index in [0.29, 0.717) is 28.0 Å². The Morgan fingerprint density at radius 1 is 1.00 bits per heavy atom. The summed E-state index contributed by atoms with van der Waals surface area (Å²) < 4.78 is 25.1. The molecule has 2 heterocycles. The van der Waals surface area contributed by atoms with Gasteiger partial charge in [-0.2, -0.15) is 0 Å². The molecule has 1 unspecified atom stereocenters. The van der Waals surface area contributed by atoms with Gasteiger partial charge in [-0.05, 0) is 48.2 Å². The molecule has 2 aliphatic rings. The van der Waals surface area contributed by atoms with Gasteiger partial charge in [0.15, 0.2) is 12.3 Å². The molecule has 33 heavy (non-hydrogen) atoms. The molecule has 0 spiro atoms. The third-order valence-electron chi connectivity index (χ3n) is 6.33. The lowest BCUT2D eigenvalue weighted by Crippen LogP contribution is -2.45. The Labute approximate surface area is 190 Å². The lowest BCUT2D eigenvalue weighted by atomic mass is 9.81. The summed E-state index contributed by atoms with van der Waals surface area (Å²) in [4.78, 5) is 28.3. The maximum atomic E-state index is 14.3. The zero-order chi connectivity index (χ0) is 23.2. The van der Waals surface area contributed by atoms with Crippen LogP contribution in [0.4, 0.5) is 9.18 Å². The topological polar surface area (TPSA) is 67.9 Å². The van der Waals surface area contributed by atoms with Gasteiger partial charge >= 0.3 is 6.03 Å². The number of aryl methyl sites for hydroxylation is 2. The number of urea groups is 1. The quantitative estimate of drug-likeness (QED) is 0.607. The second-order valence-corrected chi connectivity index (χ2v) is 8.40. The number of hydrogen-bond acceptors (Lipinski definition) is 4. The highest BCUT2D eigenvalue weighted by Gasteiger charge is 2.53. The van der Waals surface area contributed by atoms with Crippen LogP contribution < -0.4 is 10.1 Å². The van der Waals surface area contributed by atoms with Crippen molar-refractivity contribution in [3.63, 3.8) is 0 Å². The van der Waals surface area contributed by atoms with E-state index in [0.717, 1.165) is 16.0 Å². The van der Waals surface area contributed by atoms with Crippen LogP contribution in [0.5, 0.6) is 5.75 Å². The minimum atomic E-state index is -1.38. The second-order valence-electron chi connectivity index (χ2n) is 8.40. The lowest BCUT2D eigenvalue weighted by Gasteiger charge is -2.29. The van der Waals surface area contributed by atoms with E-state index in [1.807, 2.05) is 62.4 Å². The number of amides is 3. The Balaban J connectivity index is 1.60. The maximum Gasteiger partial charge on any atom is 0.325 e. The van der Waals surface area contributed by atoms with Gasteiger partial charge in [-0.1, -0.05) is 48.5 Å². The van der Waals surface area contributed by atoms with Crippen LogP contribution in [0.3, 0.4) is 0 Å². The van der Waals surface area contributed by atoms with Gasteiger partial charge < -0.3 is 14.8 Å². The van der Waals surface area contributed by atoms with E-state index in [9.17, 15) is 14.0 Å². The smallest absolute Gasteiger partial charge is 0.325 e. The Kier molecular flexibility index (Phi) is 5.13. The van der Waals surface area contributed by atoms with Gasteiger partial charge in [-0.3, -0.25) is 9.69 Å². The molecule has 3 aromatic carbocycles. The van der Waals surface area contributed by atoms with Crippen LogP contribution in [-0.2, 0) is 28.2 Å². The second kappa shape index (κ2) is 8.01. The molecule has 7 heteroatoms. The highest BCUT2D eigenvalue weighted by atomic mass is 19.1. The van der Waals surface area contributed by atoms with Gasteiger partial charge in [-0.15, -0.1) is 0 Å². The van der Waals surface area contributed by atoms with Crippen LogP contribution in [0.1, 0.15) is 33.4 Å². The van der Waals surface area contributed by atoms with Crippen molar-refractivity contribution in [3.05, 3.63) is 99.9 Å². The molecule has 1 fully saturated rings. The van der Waals surface area contributed by atoms with Crippen LogP contribution in [0.15, 0.2) is 60.7 Å². The Morgan fingerprint density at radius 3 is 2.55 bits per heavy atom. The molecule has 0 radical (unpaired) electrons. The largest absolute Gasteiger partial charge is 0.467 e. The number of carbonyl (C=O) groups is 2. The van der Waals surface area contributed by atoms with E-state index >= 15 is 0 Å². The molecule has 0 saturated carbocycles. The molecule has 3 amide bonds. The minimum Gasteiger partial charge on any atom is -0.467 e. The molecule has 3 aromatic rings. The molecule has 1 N–H and O–H groups in total. The summed E-state index contributed by atoms with van der Waals surface area (Å²) in [5, 5.41) is 2.94. The number of rotatable bonds is 4. The molecule has 168 valence electrons. The molecule has 1 saturated heterocycles. The van der Waals surface area contributed by atoms with Crippen molar-refractivity contribution in [2.45, 2.75) is 32.5 Å². The van der Waals surface area contributed by atoms with E-state index in [-0.39, 0.29) is 19.9 Å². The number of imide groups is 1. The number of benzene rings is 3. The summed E-state index contributed by atoms with van der Waals surface area (Å²) >= 11 is 0. The molecule has 0 aromatic heterocycles. The number of ether oxygens (including phenoxy) is 2. The highest BCUT2D eigenvalue weighted by molar-refractivity contribution is 6.09. The van der Waals surface area contributed by atoms with E-state index in [1.54, 1.807) is 0 Å². The van der Waals surface area contributed by atoms with Crippen molar-refractivity contribution in [1.82, 2.24) is 10.2 Å². The fourth-order valence-electron chi connectivity index (χ4n) is 4.48. The number of nitrogens with zero attached hydrogens (tertiary/aromatic N) is 1. The van der Waals surface area contributed by atoms with E-state index in [2.05, 4.69) is 5.32 Å². The van der Waals surface area contributed by atoms with Gasteiger partial charge in [0.1, 0.15) is 11.6 Å². The number of halogens is 1. The number of carbonyl (C=O) groups excluding carboxylic acids is 2. The summed E-state index contributed by atoms with van der Waals surface area (Å²) in [7, 11) is 0. The lowest BCUT2D eigenvalue weighted by molar-refractivity contribution is -0.130. The number of nitrogens with one attached hydrogen (secondary N) is 1. The van der Waals surface area contributed by atoms with Crippen molar-refractivity contribution in [2.24, 2.45) is 0 Å². The van der Waals surface area contributed by atoms with Gasteiger partial charge in [0.25, 0.3) is 5.91 Å². The summed E-state index contributed by atoms with van der Waals surface area (Å²) in [5.41, 5.74) is 3.00. The minimum absolute atomic E-state index is 0.0301. The summed E-state index contributed by atoms with van der Waals surface area (Å²) in [5.74, 6) is -0.452. The first kappa shape index (κ1) is 21.2. The molecule has 0 bridgehead atoms. The third-order valence-corrected chi connectivity index (χ3v) is 6.33. The fraction of sp³-hybridized carbons (Fsp3) is 0.231. The maximum absolute atomic E-state index is 14.3. The molecule has 5 rings (SSSR count). The SMILES string of the molecule is Cc1ccc(C2(c3ccccc3)NC(=O)N(Cc3cc(F)cc4c3OCOC4)C2=O)cc1C. The van der Waals surface area contributed by atoms with Gasteiger partial charge in [0.05, 0.1) is 13.2 Å². The average molecular weight is 446 g/mol. The number of hydrogen-bond donors (Lipinski definition) is 1. The zero-order valence-electron chi connectivity index (χ0n) is 18.4. The van der Waals surface area contributed by atoms with Crippen molar-refractivity contribution in [1.29, 1.82) is 0 Å². The third kappa shape index (κ3) is 3.45. The molecule has 1 atom stereocenters. The molecular formula is C26H23FN2O4. The fourth-order valence-corrected chi connectivity index (χ4v) is 4.48. The number of fused-ring (bicyclic) bond motifs is 1. The first-order chi connectivity index (χ1) is 15.9. The normalized spacial score (nSPS) is 19.8. The molecule has 0 aliphatic carbocycles. The molecule has 2 aliphatic heterocycles. The van der Waals surface area contributed by atoms with Crippen LogP contribution in [0.25, 0.3) is 0 Å². The Morgan fingerprint density at radius 2 is 1.79 bits per heavy atom. The van der Waals surface area contributed by atoms with E-state index < -0.39 is 23.3 Å². The van der Waals surface area contributed by atoms with E-state index in [1.165, 1.54) is 12.1 Å². The summed E-state index contributed by atoms with van der Waals surface area (Å²) in [6, 6.07) is 17.0. The Bertz CT molecular complexity index is 1260. The van der Waals surface area contributed by atoms with Gasteiger partial charge in [-0.25, -0.2) is 9.18 Å². The van der Waals surface area contributed by atoms with Crippen molar-refractivity contribution >= 4 is 11.9 Å². The van der Waals surface area contributed by atoms with Crippen molar-refractivity contribution in [3.8, 4) is 5.75 Å². The molecule has 6 nitrogen and oxygen atoms in total. The average Bonchev–Trinajstić information content (AvgIpc) is 3.07. The predicted molar refractivity (Wildman–Crippen MR) is 119 cm³/mol. The van der Waals surface area contributed by atoms with Crippen LogP contribution in [0, 0.1) is 19.7 Å². The van der Waals surface area contributed by atoms with Crippen LogP contribution >= 0.6 is 0 Å².